The minimum absolute atomic E-state index is 0.248. The van der Waals surface area contributed by atoms with Crippen molar-refractivity contribution in [2.75, 3.05) is 18.4 Å². The highest BCUT2D eigenvalue weighted by molar-refractivity contribution is 5.89. The predicted octanol–water partition coefficient (Wildman–Crippen LogP) is 1.20. The van der Waals surface area contributed by atoms with Crippen molar-refractivity contribution in [3.05, 3.63) is 18.7 Å². The number of amides is 2. The Bertz CT molecular complexity index is 469. The second-order valence-corrected chi connectivity index (χ2v) is 4.91. The van der Waals surface area contributed by atoms with Crippen LogP contribution >= 0.6 is 0 Å². The number of carboxylic acids is 1. The van der Waals surface area contributed by atoms with Crippen molar-refractivity contribution in [3.63, 3.8) is 0 Å². The molecule has 0 unspecified atom stereocenters. The molecule has 0 aliphatic carbocycles. The topological polar surface area (TPSA) is 95.4 Å². The molecule has 0 radical (unpaired) electrons. The number of likely N-dealkylation sites (tertiary alicyclic amines) is 1. The van der Waals surface area contributed by atoms with Crippen LogP contribution in [0.15, 0.2) is 18.7 Å². The van der Waals surface area contributed by atoms with Gasteiger partial charge in [-0.25, -0.2) is 14.8 Å². The number of nitrogens with zero attached hydrogens (tertiary/aromatic N) is 3. The van der Waals surface area contributed by atoms with Gasteiger partial charge in [-0.3, -0.25) is 4.79 Å². The number of hydrogen-bond donors (Lipinski definition) is 2. The highest BCUT2D eigenvalue weighted by Gasteiger charge is 2.38. The Balaban J connectivity index is 1.91. The van der Waals surface area contributed by atoms with Crippen molar-refractivity contribution in [1.82, 2.24) is 14.9 Å². The van der Waals surface area contributed by atoms with Crippen molar-refractivity contribution >= 4 is 17.7 Å². The molecule has 7 nitrogen and oxygen atoms in total. The van der Waals surface area contributed by atoms with E-state index in [9.17, 15) is 9.59 Å². The molecule has 1 aliphatic rings. The van der Waals surface area contributed by atoms with Crippen LogP contribution in [0.25, 0.3) is 0 Å². The van der Waals surface area contributed by atoms with E-state index in [-0.39, 0.29) is 6.03 Å². The average Bonchev–Trinajstić information content (AvgIpc) is 2.40. The van der Waals surface area contributed by atoms with E-state index in [1.54, 1.807) is 11.8 Å². The van der Waals surface area contributed by atoms with Gasteiger partial charge in [0.15, 0.2) is 0 Å². The van der Waals surface area contributed by atoms with Gasteiger partial charge in [0.1, 0.15) is 6.33 Å². The quantitative estimate of drug-likeness (QED) is 0.836. The highest BCUT2D eigenvalue weighted by atomic mass is 16.4. The van der Waals surface area contributed by atoms with Gasteiger partial charge in [-0.2, -0.15) is 0 Å². The molecule has 0 atom stereocenters. The lowest BCUT2D eigenvalue weighted by Gasteiger charge is -2.36. The molecule has 0 saturated carbocycles. The number of aliphatic carboxylic acids is 1. The summed E-state index contributed by atoms with van der Waals surface area (Å²) in [6, 6.07) is -0.248. The molecule has 1 aromatic rings. The monoisotopic (exact) mass is 264 g/mol. The van der Waals surface area contributed by atoms with Crippen LogP contribution in [0.3, 0.4) is 0 Å². The molecule has 1 aromatic heterocycles. The number of nitrogens with one attached hydrogen (secondary N) is 1. The summed E-state index contributed by atoms with van der Waals surface area (Å²) >= 11 is 0. The Morgan fingerprint density at radius 2 is 1.89 bits per heavy atom. The molecule has 2 heterocycles. The van der Waals surface area contributed by atoms with Crippen molar-refractivity contribution in [3.8, 4) is 0 Å². The first-order valence-electron chi connectivity index (χ1n) is 6.06. The van der Waals surface area contributed by atoms with Crippen molar-refractivity contribution in [2.45, 2.75) is 19.8 Å². The summed E-state index contributed by atoms with van der Waals surface area (Å²) < 4.78 is 0. The van der Waals surface area contributed by atoms with Crippen LogP contribution in [0.2, 0.25) is 0 Å². The first-order valence-corrected chi connectivity index (χ1v) is 6.06. The van der Waals surface area contributed by atoms with Crippen LogP contribution in [-0.4, -0.2) is 45.1 Å². The van der Waals surface area contributed by atoms with E-state index in [0.717, 1.165) is 0 Å². The van der Waals surface area contributed by atoms with Crippen molar-refractivity contribution < 1.29 is 14.7 Å². The van der Waals surface area contributed by atoms with Crippen molar-refractivity contribution in [2.24, 2.45) is 5.41 Å². The third kappa shape index (κ3) is 2.98. The lowest BCUT2D eigenvalue weighted by molar-refractivity contribution is -0.150. The number of carbonyl (C=O) groups is 2. The zero-order chi connectivity index (χ0) is 13.9. The van der Waals surface area contributed by atoms with Crippen LogP contribution < -0.4 is 5.32 Å². The van der Waals surface area contributed by atoms with Gasteiger partial charge >= 0.3 is 12.0 Å². The average molecular weight is 264 g/mol. The Morgan fingerprint density at radius 3 is 2.42 bits per heavy atom. The maximum atomic E-state index is 12.0. The molecule has 2 amide bonds. The summed E-state index contributed by atoms with van der Waals surface area (Å²) in [6.45, 7) is 2.58. The summed E-state index contributed by atoms with van der Waals surface area (Å²) in [5, 5.41) is 11.8. The summed E-state index contributed by atoms with van der Waals surface area (Å²) in [6.07, 6.45) is 5.32. The lowest BCUT2D eigenvalue weighted by Crippen LogP contribution is -2.46. The zero-order valence-electron chi connectivity index (χ0n) is 10.7. The number of aromatic nitrogens is 2. The summed E-state index contributed by atoms with van der Waals surface area (Å²) in [4.78, 5) is 32.3. The molecule has 1 aliphatic heterocycles. The fraction of sp³-hybridized carbons (Fsp3) is 0.500. The highest BCUT2D eigenvalue weighted by Crippen LogP contribution is 2.31. The fourth-order valence-electron chi connectivity index (χ4n) is 1.98. The van der Waals surface area contributed by atoms with Gasteiger partial charge in [-0.1, -0.05) is 0 Å². The fourth-order valence-corrected chi connectivity index (χ4v) is 1.98. The molecule has 0 aromatic carbocycles. The van der Waals surface area contributed by atoms with Crippen LogP contribution in [0.1, 0.15) is 19.8 Å². The van der Waals surface area contributed by atoms with Gasteiger partial charge in [0.2, 0.25) is 0 Å². The summed E-state index contributed by atoms with van der Waals surface area (Å²) in [5.41, 5.74) is -0.203. The Hall–Kier alpha value is -2.18. The van der Waals surface area contributed by atoms with E-state index >= 15 is 0 Å². The van der Waals surface area contributed by atoms with E-state index in [4.69, 9.17) is 5.11 Å². The van der Waals surface area contributed by atoms with Gasteiger partial charge in [0.05, 0.1) is 23.5 Å². The number of rotatable bonds is 2. The molecule has 102 valence electrons. The molecule has 1 fully saturated rings. The Labute approximate surface area is 110 Å². The van der Waals surface area contributed by atoms with E-state index in [1.807, 2.05) is 0 Å². The molecule has 7 heteroatoms. The molecule has 0 bridgehead atoms. The second kappa shape index (κ2) is 5.21. The zero-order valence-corrected chi connectivity index (χ0v) is 10.7. The number of piperidine rings is 1. The van der Waals surface area contributed by atoms with Crippen LogP contribution in [0.4, 0.5) is 10.5 Å². The molecular formula is C12H16N4O3. The van der Waals surface area contributed by atoms with Gasteiger partial charge in [0, 0.05) is 13.1 Å². The number of anilines is 1. The van der Waals surface area contributed by atoms with Crippen LogP contribution in [-0.2, 0) is 4.79 Å². The number of carboxylic acid groups (broad SMARTS) is 1. The summed E-state index contributed by atoms with van der Waals surface area (Å²) in [5.74, 6) is -0.802. The first-order chi connectivity index (χ1) is 9.01. The molecule has 0 spiro atoms. The minimum atomic E-state index is -0.802. The van der Waals surface area contributed by atoms with Gasteiger partial charge in [0.25, 0.3) is 0 Å². The lowest BCUT2D eigenvalue weighted by atomic mass is 9.80. The summed E-state index contributed by atoms with van der Waals surface area (Å²) in [7, 11) is 0. The van der Waals surface area contributed by atoms with Crippen LogP contribution in [0, 0.1) is 5.41 Å². The Kier molecular flexibility index (Phi) is 3.64. The number of carbonyl (C=O) groups excluding carboxylic acids is 1. The number of hydrogen-bond acceptors (Lipinski definition) is 4. The van der Waals surface area contributed by atoms with E-state index in [0.29, 0.717) is 31.6 Å². The van der Waals surface area contributed by atoms with E-state index < -0.39 is 11.4 Å². The largest absolute Gasteiger partial charge is 0.481 e. The van der Waals surface area contributed by atoms with E-state index in [2.05, 4.69) is 15.3 Å². The first kappa shape index (κ1) is 13.3. The van der Waals surface area contributed by atoms with Crippen LogP contribution in [0.5, 0.6) is 0 Å². The minimum Gasteiger partial charge on any atom is -0.481 e. The normalized spacial score (nSPS) is 17.8. The van der Waals surface area contributed by atoms with Gasteiger partial charge in [-0.15, -0.1) is 0 Å². The van der Waals surface area contributed by atoms with E-state index in [1.165, 1.54) is 18.7 Å². The molecule has 2 N–H and O–H groups in total. The smallest absolute Gasteiger partial charge is 0.321 e. The molecular weight excluding hydrogens is 248 g/mol. The standard InChI is InChI=1S/C12H16N4O3/c1-12(10(17)18)2-4-16(5-3-12)11(19)15-9-6-13-8-14-7-9/h6-8H,2-5H2,1H3,(H,15,19)(H,17,18). The maximum absolute atomic E-state index is 12.0. The SMILES string of the molecule is CC1(C(=O)O)CCN(C(=O)Nc2cncnc2)CC1. The predicted molar refractivity (Wildman–Crippen MR) is 67.6 cm³/mol. The molecule has 1 saturated heterocycles. The third-order valence-corrected chi connectivity index (χ3v) is 3.48. The third-order valence-electron chi connectivity index (χ3n) is 3.48. The Morgan fingerprint density at radius 1 is 1.32 bits per heavy atom. The van der Waals surface area contributed by atoms with Gasteiger partial charge in [-0.05, 0) is 19.8 Å². The second-order valence-electron chi connectivity index (χ2n) is 4.91. The van der Waals surface area contributed by atoms with Gasteiger partial charge < -0.3 is 15.3 Å². The van der Waals surface area contributed by atoms with Crippen molar-refractivity contribution in [1.29, 1.82) is 0 Å². The number of urea groups is 1. The molecule has 2 rings (SSSR count). The maximum Gasteiger partial charge on any atom is 0.321 e. The molecule has 19 heavy (non-hydrogen) atoms.